The van der Waals surface area contributed by atoms with Crippen molar-refractivity contribution in [3.8, 4) is 0 Å². The molecule has 0 aliphatic heterocycles. The molecule has 0 N–H and O–H groups in total. The van der Waals surface area contributed by atoms with Gasteiger partial charge in [-0.3, -0.25) is 4.79 Å². The lowest BCUT2D eigenvalue weighted by Gasteiger charge is -2.30. The van der Waals surface area contributed by atoms with E-state index >= 15 is 0 Å². The van der Waals surface area contributed by atoms with Crippen LogP contribution < -0.4 is 0 Å². The molecule has 2 rings (SSSR count). The maximum absolute atomic E-state index is 12.5. The van der Waals surface area contributed by atoms with Crippen molar-refractivity contribution in [2.24, 2.45) is 5.92 Å². The second kappa shape index (κ2) is 7.25. The maximum Gasteiger partial charge on any atom is 0.226 e. The summed E-state index contributed by atoms with van der Waals surface area (Å²) in [5.74, 6) is 0.350. The molecule has 1 aliphatic rings. The molecule has 1 aromatic rings. The molecule has 0 aromatic heterocycles. The minimum absolute atomic E-state index is 0.0931. The van der Waals surface area contributed by atoms with Crippen LogP contribution in [-0.2, 0) is 16.0 Å². The third kappa shape index (κ3) is 3.70. The van der Waals surface area contributed by atoms with E-state index in [-0.39, 0.29) is 17.9 Å². The summed E-state index contributed by atoms with van der Waals surface area (Å²) in [5.41, 5.74) is 1.23. The number of hydrogen-bond acceptors (Lipinski definition) is 2. The Bertz CT molecular complexity index is 447. The van der Waals surface area contributed by atoms with Gasteiger partial charge in [-0.15, -0.1) is 0 Å². The van der Waals surface area contributed by atoms with Crippen LogP contribution >= 0.6 is 0 Å². The number of hydrogen-bond donors (Lipinski definition) is 0. The Labute approximate surface area is 121 Å². The van der Waals surface area contributed by atoms with Gasteiger partial charge in [-0.2, -0.15) is 0 Å². The Morgan fingerprint density at radius 2 is 1.95 bits per heavy atom. The lowest BCUT2D eigenvalue weighted by Crippen LogP contribution is -2.43. The molecule has 0 radical (unpaired) electrons. The van der Waals surface area contributed by atoms with Crippen molar-refractivity contribution in [2.75, 3.05) is 20.8 Å². The zero-order valence-corrected chi connectivity index (χ0v) is 12.3. The van der Waals surface area contributed by atoms with Gasteiger partial charge < -0.3 is 9.64 Å². The number of ether oxygens (including phenoxy) is 1. The first-order chi connectivity index (χ1) is 9.72. The molecule has 3 heteroatoms. The summed E-state index contributed by atoms with van der Waals surface area (Å²) in [6.07, 6.45) is 6.76. The molecule has 1 aliphatic carbocycles. The lowest BCUT2D eigenvalue weighted by atomic mass is 10.0. The number of carbonyl (C=O) groups excluding carboxylic acids is 1. The third-order valence-corrected chi connectivity index (χ3v) is 3.93. The first kappa shape index (κ1) is 14.8. The van der Waals surface area contributed by atoms with Gasteiger partial charge in [0.05, 0.1) is 12.6 Å². The summed E-state index contributed by atoms with van der Waals surface area (Å²) in [7, 11) is 3.58. The zero-order chi connectivity index (χ0) is 14.4. The van der Waals surface area contributed by atoms with Gasteiger partial charge in [0.15, 0.2) is 0 Å². The zero-order valence-electron chi connectivity index (χ0n) is 12.3. The Morgan fingerprint density at radius 1 is 1.30 bits per heavy atom. The minimum Gasteiger partial charge on any atom is -0.383 e. The van der Waals surface area contributed by atoms with Crippen LogP contribution in [0.1, 0.15) is 18.4 Å². The maximum atomic E-state index is 12.5. The molecule has 1 atom stereocenters. The highest BCUT2D eigenvalue weighted by molar-refractivity contribution is 5.79. The lowest BCUT2D eigenvalue weighted by molar-refractivity contribution is -0.137. The predicted molar refractivity (Wildman–Crippen MR) is 80.4 cm³/mol. The van der Waals surface area contributed by atoms with Gasteiger partial charge in [-0.1, -0.05) is 42.5 Å². The Hall–Kier alpha value is -1.61. The normalized spacial score (nSPS) is 16.3. The van der Waals surface area contributed by atoms with Gasteiger partial charge in [0.1, 0.15) is 0 Å². The number of likely N-dealkylation sites (N-methyl/N-ethyl adjacent to an activating group) is 1. The third-order valence-electron chi connectivity index (χ3n) is 3.93. The highest BCUT2D eigenvalue weighted by atomic mass is 16.5. The average molecular weight is 273 g/mol. The van der Waals surface area contributed by atoms with E-state index in [2.05, 4.69) is 24.3 Å². The standard InChI is InChI=1S/C17H23NO2/c1-18(17(19)15-10-6-7-11-15)16(13-20-2)12-14-8-4-3-5-9-14/h3-9,15-16H,10-13H2,1-2H3/t16-/m1/s1. The van der Waals surface area contributed by atoms with Gasteiger partial charge in [-0.05, 0) is 24.8 Å². The highest BCUT2D eigenvalue weighted by Crippen LogP contribution is 2.21. The number of carbonyl (C=O) groups is 1. The largest absolute Gasteiger partial charge is 0.383 e. The van der Waals surface area contributed by atoms with Crippen LogP contribution in [0.15, 0.2) is 42.5 Å². The van der Waals surface area contributed by atoms with Crippen LogP contribution in [0.2, 0.25) is 0 Å². The number of amides is 1. The quantitative estimate of drug-likeness (QED) is 0.746. The van der Waals surface area contributed by atoms with E-state index in [1.807, 2.05) is 30.1 Å². The van der Waals surface area contributed by atoms with E-state index in [9.17, 15) is 4.79 Å². The summed E-state index contributed by atoms with van der Waals surface area (Å²) in [4.78, 5) is 14.4. The fourth-order valence-electron chi connectivity index (χ4n) is 2.67. The van der Waals surface area contributed by atoms with Crippen molar-refractivity contribution >= 4 is 5.91 Å². The summed E-state index contributed by atoms with van der Waals surface area (Å²) >= 11 is 0. The molecule has 1 amide bonds. The topological polar surface area (TPSA) is 29.5 Å². The van der Waals surface area contributed by atoms with Gasteiger partial charge in [0.2, 0.25) is 5.91 Å². The number of benzene rings is 1. The molecule has 0 heterocycles. The minimum atomic E-state index is 0.0931. The number of rotatable bonds is 6. The van der Waals surface area contributed by atoms with E-state index in [4.69, 9.17) is 4.74 Å². The number of methoxy groups -OCH3 is 1. The van der Waals surface area contributed by atoms with Crippen LogP contribution in [0.4, 0.5) is 0 Å². The smallest absolute Gasteiger partial charge is 0.226 e. The van der Waals surface area contributed by atoms with Crippen LogP contribution in [0, 0.1) is 5.92 Å². The van der Waals surface area contributed by atoms with Crippen molar-refractivity contribution in [1.29, 1.82) is 0 Å². The Morgan fingerprint density at radius 3 is 2.55 bits per heavy atom. The molecule has 0 spiro atoms. The summed E-state index contributed by atoms with van der Waals surface area (Å²) in [6, 6.07) is 10.4. The number of nitrogens with zero attached hydrogens (tertiary/aromatic N) is 1. The van der Waals surface area contributed by atoms with Crippen molar-refractivity contribution in [3.63, 3.8) is 0 Å². The molecule has 3 nitrogen and oxygen atoms in total. The SMILES string of the molecule is COC[C@@H](Cc1ccccc1)N(C)C(=O)C1CC=CC1. The number of allylic oxidation sites excluding steroid dienone is 2. The van der Waals surface area contributed by atoms with E-state index < -0.39 is 0 Å². The van der Waals surface area contributed by atoms with Crippen molar-refractivity contribution in [2.45, 2.75) is 25.3 Å². The molecule has 1 aromatic carbocycles. The summed E-state index contributed by atoms with van der Waals surface area (Å²) < 4.78 is 5.30. The molecule has 0 unspecified atom stereocenters. The molecule has 0 saturated carbocycles. The van der Waals surface area contributed by atoms with E-state index in [1.165, 1.54) is 5.56 Å². The van der Waals surface area contributed by atoms with Crippen molar-refractivity contribution in [1.82, 2.24) is 4.90 Å². The fourth-order valence-corrected chi connectivity index (χ4v) is 2.67. The van der Waals surface area contributed by atoms with Crippen LogP contribution in [0.3, 0.4) is 0 Å². The first-order valence-electron chi connectivity index (χ1n) is 7.17. The summed E-state index contributed by atoms with van der Waals surface area (Å²) in [5, 5.41) is 0. The van der Waals surface area contributed by atoms with Crippen LogP contribution in [0.5, 0.6) is 0 Å². The monoisotopic (exact) mass is 273 g/mol. The average Bonchev–Trinajstić information content (AvgIpc) is 3.00. The van der Waals surface area contributed by atoms with Crippen molar-refractivity contribution in [3.05, 3.63) is 48.0 Å². The fraction of sp³-hybridized carbons (Fsp3) is 0.471. The van der Waals surface area contributed by atoms with Gasteiger partial charge in [-0.25, -0.2) is 0 Å². The van der Waals surface area contributed by atoms with Gasteiger partial charge in [0, 0.05) is 20.1 Å². The van der Waals surface area contributed by atoms with Gasteiger partial charge >= 0.3 is 0 Å². The van der Waals surface area contributed by atoms with E-state index in [0.29, 0.717) is 6.61 Å². The van der Waals surface area contributed by atoms with E-state index in [1.54, 1.807) is 7.11 Å². The highest BCUT2D eigenvalue weighted by Gasteiger charge is 2.27. The second-order valence-corrected chi connectivity index (χ2v) is 5.39. The second-order valence-electron chi connectivity index (χ2n) is 5.39. The molecule has 0 saturated heterocycles. The van der Waals surface area contributed by atoms with E-state index in [0.717, 1.165) is 19.3 Å². The van der Waals surface area contributed by atoms with Crippen LogP contribution in [-0.4, -0.2) is 37.6 Å². The van der Waals surface area contributed by atoms with Gasteiger partial charge in [0.25, 0.3) is 0 Å². The molecule has 108 valence electrons. The Kier molecular flexibility index (Phi) is 5.36. The summed E-state index contributed by atoms with van der Waals surface area (Å²) in [6.45, 7) is 0.567. The molecular formula is C17H23NO2. The Balaban J connectivity index is 2.01. The first-order valence-corrected chi connectivity index (χ1v) is 7.17. The predicted octanol–water partition coefficient (Wildman–Crippen LogP) is 2.67. The molecule has 0 fully saturated rings. The molecule has 0 bridgehead atoms. The molecule has 20 heavy (non-hydrogen) atoms. The van der Waals surface area contributed by atoms with Crippen molar-refractivity contribution < 1.29 is 9.53 Å². The van der Waals surface area contributed by atoms with Crippen LogP contribution in [0.25, 0.3) is 0 Å². The molecular weight excluding hydrogens is 250 g/mol.